The maximum atomic E-state index is 12.0. The molecule has 2 aromatic heterocycles. The molecule has 3 aromatic rings. The Balaban J connectivity index is 1.37. The molecular formula is C20H20N2O3. The summed E-state index contributed by atoms with van der Waals surface area (Å²) in [6.45, 7) is 0.640. The van der Waals surface area contributed by atoms with Gasteiger partial charge in [-0.25, -0.2) is 4.98 Å². The van der Waals surface area contributed by atoms with Crippen LogP contribution < -0.4 is 0 Å². The average Bonchev–Trinajstić information content (AvgIpc) is 3.11. The maximum absolute atomic E-state index is 12.0. The van der Waals surface area contributed by atoms with E-state index in [1.807, 2.05) is 36.4 Å². The van der Waals surface area contributed by atoms with E-state index in [0.29, 0.717) is 24.0 Å². The van der Waals surface area contributed by atoms with Crippen LogP contribution in [0.4, 0.5) is 0 Å². The lowest BCUT2D eigenvalue weighted by Crippen LogP contribution is -2.12. The highest BCUT2D eigenvalue weighted by Gasteiger charge is 2.11. The molecule has 0 unspecified atom stereocenters. The Kier molecular flexibility index (Phi) is 6.06. The first-order valence-corrected chi connectivity index (χ1v) is 8.31. The molecule has 0 N–H and O–H groups in total. The van der Waals surface area contributed by atoms with Crippen molar-refractivity contribution in [2.75, 3.05) is 13.2 Å². The Morgan fingerprint density at radius 3 is 2.68 bits per heavy atom. The lowest BCUT2D eigenvalue weighted by Gasteiger charge is -2.03. The third kappa shape index (κ3) is 5.36. The van der Waals surface area contributed by atoms with E-state index in [-0.39, 0.29) is 18.8 Å². The molecule has 0 aliphatic carbocycles. The van der Waals surface area contributed by atoms with Gasteiger partial charge < -0.3 is 9.15 Å². The number of aromatic nitrogens is 2. The number of carbonyl (C=O) groups is 1. The second-order valence-corrected chi connectivity index (χ2v) is 5.69. The number of aryl methyl sites for hydroxylation is 1. The Labute approximate surface area is 146 Å². The summed E-state index contributed by atoms with van der Waals surface area (Å²) in [5.74, 6) is 0.903. The first kappa shape index (κ1) is 17.0. The number of benzene rings is 1. The van der Waals surface area contributed by atoms with Crippen molar-refractivity contribution in [3.8, 4) is 11.5 Å². The second-order valence-electron chi connectivity index (χ2n) is 5.69. The molecule has 0 spiro atoms. The van der Waals surface area contributed by atoms with Gasteiger partial charge in [0.05, 0.1) is 12.6 Å². The van der Waals surface area contributed by atoms with Crippen LogP contribution in [0.25, 0.3) is 11.5 Å². The molecular weight excluding hydrogens is 316 g/mol. The van der Waals surface area contributed by atoms with E-state index in [9.17, 15) is 4.79 Å². The van der Waals surface area contributed by atoms with Crippen molar-refractivity contribution in [3.63, 3.8) is 0 Å². The normalized spacial score (nSPS) is 10.7. The summed E-state index contributed by atoms with van der Waals surface area (Å²) >= 11 is 0. The second kappa shape index (κ2) is 8.89. The van der Waals surface area contributed by atoms with Crippen LogP contribution in [0.3, 0.4) is 0 Å². The van der Waals surface area contributed by atoms with E-state index in [1.165, 1.54) is 5.56 Å². The Bertz CT molecular complexity index is 785. The average molecular weight is 336 g/mol. The molecule has 0 fully saturated rings. The number of Topliss-reactive ketones (excluding diaryl/α,β-unsaturated/α-hetero) is 1. The van der Waals surface area contributed by atoms with Gasteiger partial charge in [0, 0.05) is 12.8 Å². The van der Waals surface area contributed by atoms with Crippen molar-refractivity contribution in [3.05, 3.63) is 72.4 Å². The van der Waals surface area contributed by atoms with Gasteiger partial charge in [0.2, 0.25) is 5.89 Å². The molecule has 5 heteroatoms. The number of nitrogens with zero attached hydrogens (tertiary/aromatic N) is 2. The van der Waals surface area contributed by atoms with Gasteiger partial charge in [-0.2, -0.15) is 0 Å². The quantitative estimate of drug-likeness (QED) is 0.560. The molecule has 0 aliphatic rings. The highest BCUT2D eigenvalue weighted by atomic mass is 16.5. The minimum Gasteiger partial charge on any atom is -0.439 e. The molecule has 0 atom stereocenters. The van der Waals surface area contributed by atoms with Crippen LogP contribution in [0.15, 0.2) is 65.3 Å². The number of pyridine rings is 1. The molecule has 0 aliphatic heterocycles. The molecule has 25 heavy (non-hydrogen) atoms. The zero-order valence-electron chi connectivity index (χ0n) is 13.9. The van der Waals surface area contributed by atoms with Crippen LogP contribution >= 0.6 is 0 Å². The van der Waals surface area contributed by atoms with Gasteiger partial charge in [-0.05, 0) is 30.5 Å². The zero-order chi connectivity index (χ0) is 17.3. The Morgan fingerprint density at radius 1 is 1.04 bits per heavy atom. The fraction of sp³-hybridized carbons (Fsp3) is 0.250. The van der Waals surface area contributed by atoms with Gasteiger partial charge in [0.25, 0.3) is 0 Å². The maximum Gasteiger partial charge on any atom is 0.202 e. The van der Waals surface area contributed by atoms with Crippen molar-refractivity contribution >= 4 is 5.78 Å². The van der Waals surface area contributed by atoms with Crippen LogP contribution in [0, 0.1) is 0 Å². The molecule has 2 heterocycles. The lowest BCUT2D eigenvalue weighted by atomic mass is 10.1. The van der Waals surface area contributed by atoms with E-state index < -0.39 is 0 Å². The number of ketones is 1. The van der Waals surface area contributed by atoms with Crippen LogP contribution in [0.2, 0.25) is 0 Å². The monoisotopic (exact) mass is 336 g/mol. The van der Waals surface area contributed by atoms with E-state index in [2.05, 4.69) is 22.1 Å². The third-order valence-corrected chi connectivity index (χ3v) is 3.68. The van der Waals surface area contributed by atoms with Crippen LogP contribution in [-0.4, -0.2) is 29.0 Å². The topological polar surface area (TPSA) is 65.2 Å². The predicted molar refractivity (Wildman–Crippen MR) is 94.0 cm³/mol. The number of carbonyl (C=O) groups excluding carboxylic acids is 1. The van der Waals surface area contributed by atoms with Crippen LogP contribution in [0.1, 0.15) is 17.9 Å². The molecule has 128 valence electrons. The number of oxazole rings is 1. The molecule has 1 aromatic carbocycles. The summed E-state index contributed by atoms with van der Waals surface area (Å²) < 4.78 is 11.0. The number of rotatable bonds is 9. The van der Waals surface area contributed by atoms with Gasteiger partial charge in [-0.3, -0.25) is 9.78 Å². The van der Waals surface area contributed by atoms with Crippen molar-refractivity contribution in [2.45, 2.75) is 19.3 Å². The Morgan fingerprint density at radius 2 is 1.88 bits per heavy atom. The fourth-order valence-electron chi connectivity index (χ4n) is 2.45. The van der Waals surface area contributed by atoms with Crippen LogP contribution in [0.5, 0.6) is 0 Å². The number of hydrogen-bond acceptors (Lipinski definition) is 5. The largest absolute Gasteiger partial charge is 0.439 e. The van der Waals surface area contributed by atoms with Crippen molar-refractivity contribution in [2.24, 2.45) is 0 Å². The molecule has 0 saturated carbocycles. The van der Waals surface area contributed by atoms with E-state index in [0.717, 1.165) is 12.8 Å². The molecule has 0 radical (unpaired) electrons. The number of hydrogen-bond donors (Lipinski definition) is 0. The Hall–Kier alpha value is -2.79. The summed E-state index contributed by atoms with van der Waals surface area (Å²) in [5.41, 5.74) is 1.98. The van der Waals surface area contributed by atoms with E-state index in [4.69, 9.17) is 9.15 Å². The van der Waals surface area contributed by atoms with Crippen LogP contribution in [-0.2, 0) is 22.4 Å². The lowest BCUT2D eigenvalue weighted by molar-refractivity contribution is -0.123. The summed E-state index contributed by atoms with van der Waals surface area (Å²) in [4.78, 5) is 20.3. The highest BCUT2D eigenvalue weighted by Crippen LogP contribution is 2.17. The number of ether oxygens (including phenoxy) is 1. The van der Waals surface area contributed by atoms with Crippen molar-refractivity contribution < 1.29 is 13.9 Å². The van der Waals surface area contributed by atoms with Crippen molar-refractivity contribution in [1.82, 2.24) is 9.97 Å². The summed E-state index contributed by atoms with van der Waals surface area (Å²) in [7, 11) is 0. The summed E-state index contributed by atoms with van der Waals surface area (Å²) in [5, 5.41) is 0. The standard InChI is InChI=1S/C20H20N2O3/c23-17(15-24-12-6-9-16-7-2-1-3-8-16)13-20-22-14-19(25-20)18-10-4-5-11-21-18/h1-5,7-8,10-11,14H,6,9,12-13,15H2. The van der Waals surface area contributed by atoms with Crippen molar-refractivity contribution in [1.29, 1.82) is 0 Å². The predicted octanol–water partition coefficient (Wildman–Crippen LogP) is 3.50. The first-order chi connectivity index (χ1) is 12.3. The van der Waals surface area contributed by atoms with E-state index >= 15 is 0 Å². The third-order valence-electron chi connectivity index (χ3n) is 3.68. The molecule has 5 nitrogen and oxygen atoms in total. The van der Waals surface area contributed by atoms with Gasteiger partial charge in [0.1, 0.15) is 12.3 Å². The first-order valence-electron chi connectivity index (χ1n) is 8.31. The van der Waals surface area contributed by atoms with Gasteiger partial charge in [0.15, 0.2) is 11.5 Å². The molecule has 0 saturated heterocycles. The highest BCUT2D eigenvalue weighted by molar-refractivity contribution is 5.81. The molecule has 0 bridgehead atoms. The minimum absolute atomic E-state index is 0.0471. The van der Waals surface area contributed by atoms with Gasteiger partial charge in [-0.1, -0.05) is 36.4 Å². The van der Waals surface area contributed by atoms with Gasteiger partial charge in [-0.15, -0.1) is 0 Å². The molecule has 0 amide bonds. The molecule has 3 rings (SSSR count). The smallest absolute Gasteiger partial charge is 0.202 e. The van der Waals surface area contributed by atoms with Gasteiger partial charge >= 0.3 is 0 Å². The summed E-state index contributed by atoms with van der Waals surface area (Å²) in [6.07, 6.45) is 5.24. The summed E-state index contributed by atoms with van der Waals surface area (Å²) in [6, 6.07) is 15.8. The fourth-order valence-corrected chi connectivity index (χ4v) is 2.45. The SMILES string of the molecule is O=C(COCCCc1ccccc1)Cc1ncc(-c2ccccn2)o1. The van der Waals surface area contributed by atoms with E-state index in [1.54, 1.807) is 12.4 Å². The zero-order valence-corrected chi connectivity index (χ0v) is 13.9. The minimum atomic E-state index is -0.0471.